The first-order chi connectivity index (χ1) is 16.7. The van der Waals surface area contributed by atoms with Crippen molar-refractivity contribution >= 4 is 33.4 Å². The van der Waals surface area contributed by atoms with Gasteiger partial charge in [-0.2, -0.15) is 19.5 Å². The molecule has 3 N–H and O–H groups in total. The van der Waals surface area contributed by atoms with Gasteiger partial charge in [-0.25, -0.2) is 8.42 Å². The van der Waals surface area contributed by atoms with Gasteiger partial charge >= 0.3 is 0 Å². The summed E-state index contributed by atoms with van der Waals surface area (Å²) in [5.74, 6) is 1.80. The summed E-state index contributed by atoms with van der Waals surface area (Å²) in [5, 5.41) is 7.42. The molecule has 0 bridgehead atoms. The monoisotopic (exact) mass is 499 g/mol. The molecule has 0 unspecified atom stereocenters. The molecule has 35 heavy (non-hydrogen) atoms. The Morgan fingerprint density at radius 3 is 2.54 bits per heavy atom. The highest BCUT2D eigenvalue weighted by molar-refractivity contribution is 7.92. The molecule has 12 nitrogen and oxygen atoms in total. The van der Waals surface area contributed by atoms with Crippen LogP contribution in [-0.2, 0) is 16.4 Å². The van der Waals surface area contributed by atoms with Crippen LogP contribution in [-0.4, -0.2) is 77.9 Å². The minimum Gasteiger partial charge on any atom is -0.461 e. The maximum atomic E-state index is 12.6. The van der Waals surface area contributed by atoms with Crippen LogP contribution in [0.4, 0.5) is 17.6 Å². The standard InChI is InChI=1S/C22H29N9O3S/c1-29(2)13-5-15-35(32,33)30(3)17-9-7-16(8-10-17)11-12-24-21-26-20(23)31-22(27-21)25-19(28-31)18-6-4-14-34-18/h4,6-10,14H,5,11-13,15H2,1-3H3,(H3,23,24,25,26,27,28). The van der Waals surface area contributed by atoms with E-state index in [4.69, 9.17) is 10.2 Å². The SMILES string of the molecule is CN(C)CCCS(=O)(=O)N(C)c1ccc(CCNc2nc(N)n3nc(-c4ccco4)nc3n2)cc1. The van der Waals surface area contributed by atoms with Crippen molar-refractivity contribution in [3.05, 3.63) is 48.2 Å². The van der Waals surface area contributed by atoms with E-state index >= 15 is 0 Å². The second-order valence-electron chi connectivity index (χ2n) is 8.31. The molecule has 0 amide bonds. The van der Waals surface area contributed by atoms with Gasteiger partial charge in [0.1, 0.15) is 0 Å². The highest BCUT2D eigenvalue weighted by Gasteiger charge is 2.18. The van der Waals surface area contributed by atoms with E-state index in [0.29, 0.717) is 48.4 Å². The largest absolute Gasteiger partial charge is 0.461 e. The van der Waals surface area contributed by atoms with Gasteiger partial charge in [0, 0.05) is 13.6 Å². The van der Waals surface area contributed by atoms with Gasteiger partial charge in [-0.3, -0.25) is 4.31 Å². The first-order valence-electron chi connectivity index (χ1n) is 11.1. The maximum Gasteiger partial charge on any atom is 0.259 e. The Morgan fingerprint density at radius 2 is 1.86 bits per heavy atom. The smallest absolute Gasteiger partial charge is 0.259 e. The Morgan fingerprint density at radius 1 is 1.09 bits per heavy atom. The van der Waals surface area contributed by atoms with Crippen LogP contribution in [0.3, 0.4) is 0 Å². The Bertz CT molecular complexity index is 1370. The number of hydrogen-bond acceptors (Lipinski definition) is 10. The summed E-state index contributed by atoms with van der Waals surface area (Å²) in [6, 6.07) is 10.9. The number of aromatic nitrogens is 5. The molecule has 186 valence electrons. The summed E-state index contributed by atoms with van der Waals surface area (Å²) in [4.78, 5) is 14.9. The summed E-state index contributed by atoms with van der Waals surface area (Å²) in [5.41, 5.74) is 7.68. The van der Waals surface area contributed by atoms with Gasteiger partial charge in [0.25, 0.3) is 5.78 Å². The second kappa shape index (κ2) is 10.3. The zero-order chi connectivity index (χ0) is 25.0. The lowest BCUT2D eigenvalue weighted by molar-refractivity contribution is 0.408. The fourth-order valence-corrected chi connectivity index (χ4v) is 4.66. The van der Waals surface area contributed by atoms with Gasteiger partial charge in [-0.1, -0.05) is 12.1 Å². The highest BCUT2D eigenvalue weighted by atomic mass is 32.2. The molecule has 3 aromatic heterocycles. The number of nitrogens with zero attached hydrogens (tertiary/aromatic N) is 7. The quantitative estimate of drug-likeness (QED) is 0.312. The van der Waals surface area contributed by atoms with Gasteiger partial charge in [-0.15, -0.1) is 5.10 Å². The Hall–Kier alpha value is -3.71. The van der Waals surface area contributed by atoms with E-state index in [0.717, 1.165) is 12.1 Å². The van der Waals surface area contributed by atoms with Crippen LogP contribution in [0.2, 0.25) is 0 Å². The van der Waals surface area contributed by atoms with Gasteiger partial charge in [-0.05, 0) is 63.3 Å². The third-order valence-electron chi connectivity index (χ3n) is 5.40. The lowest BCUT2D eigenvalue weighted by Gasteiger charge is -2.20. The zero-order valence-electron chi connectivity index (χ0n) is 19.9. The van der Waals surface area contributed by atoms with Crippen molar-refractivity contribution in [3.63, 3.8) is 0 Å². The summed E-state index contributed by atoms with van der Waals surface area (Å²) >= 11 is 0. The third-order valence-corrected chi connectivity index (χ3v) is 7.25. The highest BCUT2D eigenvalue weighted by Crippen LogP contribution is 2.19. The molecule has 0 fully saturated rings. The molecule has 3 heterocycles. The van der Waals surface area contributed by atoms with Crippen molar-refractivity contribution in [3.8, 4) is 11.6 Å². The summed E-state index contributed by atoms with van der Waals surface area (Å²) < 4.78 is 33.2. The predicted molar refractivity (Wildman–Crippen MR) is 135 cm³/mol. The first kappa shape index (κ1) is 24.4. The second-order valence-corrected chi connectivity index (χ2v) is 10.4. The van der Waals surface area contributed by atoms with Crippen LogP contribution in [0, 0.1) is 0 Å². The molecule has 13 heteroatoms. The van der Waals surface area contributed by atoms with E-state index in [1.165, 1.54) is 8.82 Å². The molecule has 0 saturated carbocycles. The molecule has 0 aliphatic heterocycles. The number of rotatable bonds is 11. The number of nitrogen functional groups attached to an aromatic ring is 1. The van der Waals surface area contributed by atoms with Crippen LogP contribution >= 0.6 is 0 Å². The molecular weight excluding hydrogens is 470 g/mol. The van der Waals surface area contributed by atoms with Gasteiger partial charge < -0.3 is 20.4 Å². The predicted octanol–water partition coefficient (Wildman–Crippen LogP) is 1.73. The number of fused-ring (bicyclic) bond motifs is 1. The molecule has 0 saturated heterocycles. The molecule has 0 aliphatic carbocycles. The van der Waals surface area contributed by atoms with Gasteiger partial charge in [0.15, 0.2) is 5.76 Å². The lowest BCUT2D eigenvalue weighted by atomic mass is 10.1. The van der Waals surface area contributed by atoms with E-state index in [9.17, 15) is 8.42 Å². The average molecular weight is 500 g/mol. The zero-order valence-corrected chi connectivity index (χ0v) is 20.7. The fourth-order valence-electron chi connectivity index (χ4n) is 3.45. The summed E-state index contributed by atoms with van der Waals surface area (Å²) in [6.07, 6.45) is 2.80. The van der Waals surface area contributed by atoms with E-state index in [1.54, 1.807) is 25.4 Å². The Kier molecular flexibility index (Phi) is 7.17. The number of hydrogen-bond donors (Lipinski definition) is 2. The molecule has 0 spiro atoms. The van der Waals surface area contributed by atoms with Crippen molar-refractivity contribution in [1.29, 1.82) is 0 Å². The fraction of sp³-hybridized carbons (Fsp3) is 0.364. The molecule has 4 rings (SSSR count). The van der Waals surface area contributed by atoms with Crippen molar-refractivity contribution in [2.75, 3.05) is 55.3 Å². The molecule has 1 aromatic carbocycles. The molecule has 4 aromatic rings. The number of furan rings is 1. The Balaban J connectivity index is 1.34. The number of benzene rings is 1. The average Bonchev–Trinajstić information content (AvgIpc) is 3.49. The first-order valence-corrected chi connectivity index (χ1v) is 12.7. The minimum absolute atomic E-state index is 0.107. The summed E-state index contributed by atoms with van der Waals surface area (Å²) in [6.45, 7) is 1.27. The van der Waals surface area contributed by atoms with E-state index in [2.05, 4.69) is 25.4 Å². The van der Waals surface area contributed by atoms with Crippen LogP contribution < -0.4 is 15.4 Å². The van der Waals surface area contributed by atoms with Crippen molar-refractivity contribution in [2.45, 2.75) is 12.8 Å². The van der Waals surface area contributed by atoms with E-state index in [1.807, 2.05) is 43.3 Å². The topological polar surface area (TPSA) is 148 Å². The molecule has 0 atom stereocenters. The normalized spacial score (nSPS) is 11.9. The number of nitrogens with two attached hydrogens (primary N) is 1. The van der Waals surface area contributed by atoms with Crippen LogP contribution in [0.5, 0.6) is 0 Å². The van der Waals surface area contributed by atoms with Crippen molar-refractivity contribution in [2.24, 2.45) is 0 Å². The maximum absolute atomic E-state index is 12.6. The van der Waals surface area contributed by atoms with E-state index < -0.39 is 10.0 Å². The van der Waals surface area contributed by atoms with Crippen molar-refractivity contribution in [1.82, 2.24) is 29.5 Å². The van der Waals surface area contributed by atoms with E-state index in [-0.39, 0.29) is 11.7 Å². The van der Waals surface area contributed by atoms with Gasteiger partial charge in [0.2, 0.25) is 27.7 Å². The number of nitrogens with one attached hydrogen (secondary N) is 1. The third kappa shape index (κ3) is 5.87. The van der Waals surface area contributed by atoms with Crippen molar-refractivity contribution < 1.29 is 12.8 Å². The molecular formula is C22H29N9O3S. The van der Waals surface area contributed by atoms with Crippen LogP contribution in [0.15, 0.2) is 47.1 Å². The van der Waals surface area contributed by atoms with Crippen LogP contribution in [0.25, 0.3) is 17.4 Å². The van der Waals surface area contributed by atoms with Gasteiger partial charge in [0.05, 0.1) is 17.7 Å². The number of sulfonamides is 1. The lowest BCUT2D eigenvalue weighted by Crippen LogP contribution is -2.30. The summed E-state index contributed by atoms with van der Waals surface area (Å²) in [7, 11) is 2.08. The Labute approximate surface area is 203 Å². The number of anilines is 3. The van der Waals surface area contributed by atoms with Crippen LogP contribution in [0.1, 0.15) is 12.0 Å². The minimum atomic E-state index is -3.36. The molecule has 0 aliphatic rings. The molecule has 0 radical (unpaired) electrons.